The normalized spacial score (nSPS) is 15.4. The number of ketones is 1. The van der Waals surface area contributed by atoms with Crippen LogP contribution in [0, 0.1) is 5.82 Å². The molecule has 1 amide bonds. The summed E-state index contributed by atoms with van der Waals surface area (Å²) in [6, 6.07) is 13.6. The fraction of sp³-hybridized carbons (Fsp3) is 0.333. The summed E-state index contributed by atoms with van der Waals surface area (Å²) in [7, 11) is -3.55. The van der Waals surface area contributed by atoms with Crippen LogP contribution in [0.4, 0.5) is 4.39 Å². The van der Waals surface area contributed by atoms with Gasteiger partial charge in [-0.05, 0) is 37.1 Å². The summed E-state index contributed by atoms with van der Waals surface area (Å²) in [4.78, 5) is 26.2. The highest BCUT2D eigenvalue weighted by molar-refractivity contribution is 7.92. The number of nitrogens with zero attached hydrogens (tertiary/aromatic N) is 1. The standard InChI is InChI=1S/C21H22FNO4S/c22-17-6-8-18(9-7-17)28(26,27)19-12-14-23(15-13-19)21(25)11-10-20(24)16-4-2-1-3-5-16/h1-9,19H,10-15H2. The molecule has 0 aromatic heterocycles. The van der Waals surface area contributed by atoms with Crippen molar-refractivity contribution in [3.8, 4) is 0 Å². The molecule has 0 aliphatic carbocycles. The molecule has 0 atom stereocenters. The summed E-state index contributed by atoms with van der Waals surface area (Å²) in [5.74, 6) is -0.700. The van der Waals surface area contributed by atoms with E-state index in [0.717, 1.165) is 12.1 Å². The number of piperidine rings is 1. The maximum atomic E-state index is 13.0. The molecule has 0 radical (unpaired) electrons. The van der Waals surface area contributed by atoms with Gasteiger partial charge >= 0.3 is 0 Å². The molecule has 1 fully saturated rings. The van der Waals surface area contributed by atoms with Crippen molar-refractivity contribution >= 4 is 21.5 Å². The van der Waals surface area contributed by atoms with Crippen LogP contribution in [-0.2, 0) is 14.6 Å². The minimum Gasteiger partial charge on any atom is -0.343 e. The molecule has 3 rings (SSSR count). The van der Waals surface area contributed by atoms with Gasteiger partial charge in [0.2, 0.25) is 5.91 Å². The van der Waals surface area contributed by atoms with Crippen LogP contribution >= 0.6 is 0 Å². The molecule has 28 heavy (non-hydrogen) atoms. The average molecular weight is 403 g/mol. The molecule has 148 valence electrons. The van der Waals surface area contributed by atoms with Gasteiger partial charge in [-0.15, -0.1) is 0 Å². The Bertz CT molecular complexity index is 934. The third-order valence-corrected chi connectivity index (χ3v) is 7.32. The number of carbonyl (C=O) groups is 2. The van der Waals surface area contributed by atoms with Crippen molar-refractivity contribution in [3.63, 3.8) is 0 Å². The number of likely N-dealkylation sites (tertiary alicyclic amines) is 1. The Morgan fingerprint density at radius 3 is 2.14 bits per heavy atom. The van der Waals surface area contributed by atoms with E-state index < -0.39 is 20.9 Å². The predicted molar refractivity (Wildman–Crippen MR) is 103 cm³/mol. The van der Waals surface area contributed by atoms with E-state index in [9.17, 15) is 22.4 Å². The number of amides is 1. The number of Topliss-reactive ketones (excluding diaryl/α,β-unsaturated/α-hetero) is 1. The van der Waals surface area contributed by atoms with Gasteiger partial charge in [0.1, 0.15) is 5.82 Å². The number of halogens is 1. The minimum absolute atomic E-state index is 0.0808. The second-order valence-corrected chi connectivity index (χ2v) is 9.10. The molecule has 2 aromatic carbocycles. The van der Waals surface area contributed by atoms with Gasteiger partial charge in [-0.25, -0.2) is 12.8 Å². The smallest absolute Gasteiger partial charge is 0.223 e. The van der Waals surface area contributed by atoms with Crippen LogP contribution < -0.4 is 0 Å². The number of sulfone groups is 1. The molecule has 0 bridgehead atoms. The van der Waals surface area contributed by atoms with Gasteiger partial charge in [0.25, 0.3) is 0 Å². The van der Waals surface area contributed by atoms with Crippen molar-refractivity contribution in [1.29, 1.82) is 0 Å². The molecule has 0 unspecified atom stereocenters. The molecule has 2 aromatic rings. The second kappa shape index (κ2) is 8.65. The molecule has 0 N–H and O–H groups in total. The van der Waals surface area contributed by atoms with Crippen LogP contribution in [0.5, 0.6) is 0 Å². The fourth-order valence-electron chi connectivity index (χ4n) is 3.38. The van der Waals surface area contributed by atoms with Gasteiger partial charge in [0.05, 0.1) is 10.1 Å². The molecular weight excluding hydrogens is 381 g/mol. The molecule has 7 heteroatoms. The van der Waals surface area contributed by atoms with E-state index in [-0.39, 0.29) is 29.4 Å². The largest absolute Gasteiger partial charge is 0.343 e. The Balaban J connectivity index is 1.52. The predicted octanol–water partition coefficient (Wildman–Crippen LogP) is 3.25. The van der Waals surface area contributed by atoms with Crippen molar-refractivity contribution in [1.82, 2.24) is 4.90 Å². The summed E-state index contributed by atoms with van der Waals surface area (Å²) in [6.07, 6.45) is 0.913. The van der Waals surface area contributed by atoms with Gasteiger partial charge in [0.15, 0.2) is 15.6 Å². The fourth-order valence-corrected chi connectivity index (χ4v) is 5.11. The van der Waals surface area contributed by atoms with Crippen molar-refractivity contribution in [2.24, 2.45) is 0 Å². The number of hydrogen-bond donors (Lipinski definition) is 0. The van der Waals surface area contributed by atoms with Gasteiger partial charge in [0, 0.05) is 31.5 Å². The molecular formula is C21H22FNO4S. The lowest BCUT2D eigenvalue weighted by Gasteiger charge is -2.31. The van der Waals surface area contributed by atoms with E-state index in [2.05, 4.69) is 0 Å². The van der Waals surface area contributed by atoms with Gasteiger partial charge in [-0.2, -0.15) is 0 Å². The summed E-state index contributed by atoms with van der Waals surface area (Å²) in [5.41, 5.74) is 0.583. The highest BCUT2D eigenvalue weighted by Gasteiger charge is 2.32. The lowest BCUT2D eigenvalue weighted by Crippen LogP contribution is -2.42. The van der Waals surface area contributed by atoms with Crippen LogP contribution in [0.15, 0.2) is 59.5 Å². The lowest BCUT2D eigenvalue weighted by molar-refractivity contribution is -0.132. The molecule has 1 aliphatic heterocycles. The highest BCUT2D eigenvalue weighted by Crippen LogP contribution is 2.25. The van der Waals surface area contributed by atoms with Gasteiger partial charge in [-0.1, -0.05) is 30.3 Å². The van der Waals surface area contributed by atoms with Gasteiger partial charge in [-0.3, -0.25) is 9.59 Å². The lowest BCUT2D eigenvalue weighted by atomic mass is 10.1. The van der Waals surface area contributed by atoms with Crippen LogP contribution in [0.3, 0.4) is 0 Å². The number of rotatable bonds is 6. The topological polar surface area (TPSA) is 71.5 Å². The van der Waals surface area contributed by atoms with Crippen molar-refractivity contribution in [2.75, 3.05) is 13.1 Å². The van der Waals surface area contributed by atoms with Crippen LogP contribution in [0.1, 0.15) is 36.0 Å². The zero-order chi connectivity index (χ0) is 20.1. The van der Waals surface area contributed by atoms with Crippen LogP contribution in [0.2, 0.25) is 0 Å². The second-order valence-electron chi connectivity index (χ2n) is 6.87. The first kappa shape index (κ1) is 20.2. The van der Waals surface area contributed by atoms with Crippen molar-refractivity contribution < 1.29 is 22.4 Å². The summed E-state index contributed by atoms with van der Waals surface area (Å²) < 4.78 is 38.4. The first-order chi connectivity index (χ1) is 13.4. The van der Waals surface area contributed by atoms with E-state index in [1.807, 2.05) is 6.07 Å². The highest BCUT2D eigenvalue weighted by atomic mass is 32.2. The average Bonchev–Trinajstić information content (AvgIpc) is 2.73. The molecule has 0 spiro atoms. The zero-order valence-corrected chi connectivity index (χ0v) is 16.2. The van der Waals surface area contributed by atoms with Gasteiger partial charge < -0.3 is 4.90 Å². The maximum Gasteiger partial charge on any atom is 0.223 e. The molecule has 5 nitrogen and oxygen atoms in total. The first-order valence-electron chi connectivity index (χ1n) is 9.23. The number of hydrogen-bond acceptors (Lipinski definition) is 4. The summed E-state index contributed by atoms with van der Waals surface area (Å²) in [5, 5.41) is -0.590. The van der Waals surface area contributed by atoms with E-state index in [1.54, 1.807) is 29.2 Å². The minimum atomic E-state index is -3.55. The van der Waals surface area contributed by atoms with Crippen molar-refractivity contribution in [3.05, 3.63) is 66.0 Å². The number of benzene rings is 2. The first-order valence-corrected chi connectivity index (χ1v) is 10.8. The third kappa shape index (κ3) is 4.65. The molecule has 1 saturated heterocycles. The van der Waals surface area contributed by atoms with E-state index in [4.69, 9.17) is 0 Å². The Morgan fingerprint density at radius 1 is 0.929 bits per heavy atom. The molecule has 1 aliphatic rings. The quantitative estimate of drug-likeness (QED) is 0.548. The maximum absolute atomic E-state index is 13.0. The van der Waals surface area contributed by atoms with Crippen LogP contribution in [-0.4, -0.2) is 43.3 Å². The molecule has 1 heterocycles. The van der Waals surface area contributed by atoms with E-state index >= 15 is 0 Å². The Labute approximate surface area is 164 Å². The Kier molecular flexibility index (Phi) is 6.24. The third-order valence-electron chi connectivity index (χ3n) is 5.04. The molecule has 0 saturated carbocycles. The summed E-state index contributed by atoms with van der Waals surface area (Å²) >= 11 is 0. The number of carbonyl (C=O) groups excluding carboxylic acids is 2. The van der Waals surface area contributed by atoms with E-state index in [0.29, 0.717) is 31.5 Å². The van der Waals surface area contributed by atoms with Crippen LogP contribution in [0.25, 0.3) is 0 Å². The Morgan fingerprint density at radius 2 is 1.54 bits per heavy atom. The summed E-state index contributed by atoms with van der Waals surface area (Å²) in [6.45, 7) is 0.674. The SMILES string of the molecule is O=C(CCC(=O)N1CCC(S(=O)(=O)c2ccc(F)cc2)CC1)c1ccccc1. The van der Waals surface area contributed by atoms with E-state index in [1.165, 1.54) is 12.1 Å². The van der Waals surface area contributed by atoms with Crippen molar-refractivity contribution in [2.45, 2.75) is 35.8 Å². The Hall–Kier alpha value is -2.54. The zero-order valence-electron chi connectivity index (χ0n) is 15.4. The monoisotopic (exact) mass is 403 g/mol.